The Hall–Kier alpha value is -4.94. The van der Waals surface area contributed by atoms with Gasteiger partial charge in [-0.15, -0.1) is 0 Å². The third-order valence-corrected chi connectivity index (χ3v) is 9.97. The molecule has 0 radical (unpaired) electrons. The zero-order chi connectivity index (χ0) is 33.0. The standard InChI is InChI=1S/C42H43N3O3/c1-4-37(32-11-7-5-8-12-32)45-26-35-25-40-39(47-27-41(48-40)33-13-9-6-10-14-33)24-34(35)23-38(45)42(46)44-21-19-30-15-17-31(18-16-30)36-20-22-43-29(3)28(36)2/h5-18,20,22,24-25,37-38,41H,4,19,21,23,26-27H2,1-3H3,(H,44,46). The summed E-state index contributed by atoms with van der Waals surface area (Å²) in [6.07, 6.45) is 3.99. The second-order valence-corrected chi connectivity index (χ2v) is 12.9. The van der Waals surface area contributed by atoms with Gasteiger partial charge in [0.1, 0.15) is 6.61 Å². The first kappa shape index (κ1) is 31.6. The van der Waals surface area contributed by atoms with E-state index in [0.29, 0.717) is 26.1 Å². The van der Waals surface area contributed by atoms with E-state index in [9.17, 15) is 4.79 Å². The molecule has 7 rings (SSSR count). The quantitative estimate of drug-likeness (QED) is 0.177. The predicted molar refractivity (Wildman–Crippen MR) is 190 cm³/mol. The van der Waals surface area contributed by atoms with Gasteiger partial charge in [-0.3, -0.25) is 14.7 Å². The highest BCUT2D eigenvalue weighted by Gasteiger charge is 2.37. The average Bonchev–Trinajstić information content (AvgIpc) is 3.13. The van der Waals surface area contributed by atoms with E-state index in [1.165, 1.54) is 33.4 Å². The lowest BCUT2D eigenvalue weighted by molar-refractivity contribution is -0.128. The van der Waals surface area contributed by atoms with Crippen molar-refractivity contribution in [2.24, 2.45) is 0 Å². The van der Waals surface area contributed by atoms with Gasteiger partial charge in [0, 0.05) is 31.0 Å². The lowest BCUT2D eigenvalue weighted by Gasteiger charge is -2.41. The Morgan fingerprint density at radius 3 is 2.40 bits per heavy atom. The second kappa shape index (κ2) is 14.0. The molecule has 5 aromatic rings. The highest BCUT2D eigenvalue weighted by Crippen LogP contribution is 2.42. The molecule has 1 N–H and O–H groups in total. The van der Waals surface area contributed by atoms with Crippen LogP contribution < -0.4 is 14.8 Å². The molecular formula is C42H43N3O3. The minimum absolute atomic E-state index is 0.0635. The van der Waals surface area contributed by atoms with Gasteiger partial charge in [0.15, 0.2) is 17.6 Å². The molecule has 1 aromatic heterocycles. The van der Waals surface area contributed by atoms with Gasteiger partial charge < -0.3 is 14.8 Å². The molecule has 3 unspecified atom stereocenters. The fraction of sp³-hybridized carbons (Fsp3) is 0.286. The zero-order valence-electron chi connectivity index (χ0n) is 28.0. The SMILES string of the molecule is CCC(c1ccccc1)N1Cc2cc3c(cc2CC1C(=O)NCCc1ccc(-c2ccnc(C)c2C)cc1)OCC(c1ccccc1)O3. The average molecular weight is 638 g/mol. The molecule has 0 saturated carbocycles. The highest BCUT2D eigenvalue weighted by atomic mass is 16.6. The van der Waals surface area contributed by atoms with Crippen LogP contribution in [-0.4, -0.2) is 35.0 Å². The van der Waals surface area contributed by atoms with Crippen LogP contribution in [0.5, 0.6) is 11.5 Å². The number of aromatic nitrogens is 1. The van der Waals surface area contributed by atoms with Crippen molar-refractivity contribution in [3.8, 4) is 22.6 Å². The van der Waals surface area contributed by atoms with Gasteiger partial charge in [0.25, 0.3) is 0 Å². The minimum atomic E-state index is -0.303. The normalized spacial score (nSPS) is 17.7. The molecule has 4 aromatic carbocycles. The summed E-state index contributed by atoms with van der Waals surface area (Å²) >= 11 is 0. The van der Waals surface area contributed by atoms with Gasteiger partial charge in [0.05, 0.1) is 6.04 Å². The molecule has 0 aliphatic carbocycles. The fourth-order valence-corrected chi connectivity index (χ4v) is 7.16. The van der Waals surface area contributed by atoms with Gasteiger partial charge in [-0.25, -0.2) is 0 Å². The number of benzene rings is 4. The molecule has 0 bridgehead atoms. The van der Waals surface area contributed by atoms with Crippen molar-refractivity contribution >= 4 is 5.91 Å². The molecular weight excluding hydrogens is 594 g/mol. The van der Waals surface area contributed by atoms with Crippen LogP contribution in [0.25, 0.3) is 11.1 Å². The van der Waals surface area contributed by atoms with E-state index in [2.05, 4.69) is 108 Å². The summed E-state index contributed by atoms with van der Waals surface area (Å²) in [5, 5.41) is 3.30. The third kappa shape index (κ3) is 6.58. The maximum absolute atomic E-state index is 14.0. The van der Waals surface area contributed by atoms with Crippen LogP contribution in [0, 0.1) is 13.8 Å². The van der Waals surface area contributed by atoms with Crippen LogP contribution in [0.2, 0.25) is 0 Å². The van der Waals surface area contributed by atoms with Crippen LogP contribution in [0.4, 0.5) is 0 Å². The first-order valence-corrected chi connectivity index (χ1v) is 17.1. The van der Waals surface area contributed by atoms with Gasteiger partial charge in [-0.05, 0) is 95.8 Å². The summed E-state index contributed by atoms with van der Waals surface area (Å²) < 4.78 is 12.7. The molecule has 3 heterocycles. The zero-order valence-corrected chi connectivity index (χ0v) is 28.0. The Morgan fingerprint density at radius 1 is 0.917 bits per heavy atom. The van der Waals surface area contributed by atoms with Crippen molar-refractivity contribution in [2.75, 3.05) is 13.2 Å². The maximum atomic E-state index is 14.0. The van der Waals surface area contributed by atoms with Gasteiger partial charge in [-0.1, -0.05) is 91.9 Å². The lowest BCUT2D eigenvalue weighted by atomic mass is 9.89. The third-order valence-electron chi connectivity index (χ3n) is 9.97. The van der Waals surface area contributed by atoms with Crippen LogP contribution in [0.3, 0.4) is 0 Å². The van der Waals surface area contributed by atoms with E-state index in [1.54, 1.807) is 0 Å². The summed E-state index contributed by atoms with van der Waals surface area (Å²) in [6, 6.07) is 35.5. The number of rotatable bonds is 9. The van der Waals surface area contributed by atoms with Gasteiger partial charge >= 0.3 is 0 Å². The van der Waals surface area contributed by atoms with Crippen LogP contribution in [0.1, 0.15) is 64.6 Å². The fourth-order valence-electron chi connectivity index (χ4n) is 7.16. The van der Waals surface area contributed by atoms with E-state index in [4.69, 9.17) is 9.47 Å². The topological polar surface area (TPSA) is 63.7 Å². The Bertz CT molecular complexity index is 1870. The number of hydrogen-bond acceptors (Lipinski definition) is 5. The largest absolute Gasteiger partial charge is 0.485 e. The van der Waals surface area contributed by atoms with Crippen molar-refractivity contribution in [1.82, 2.24) is 15.2 Å². The molecule has 0 saturated heterocycles. The molecule has 0 fully saturated rings. The number of carbonyl (C=O) groups excluding carboxylic acids is 1. The Labute approximate surface area is 283 Å². The van der Waals surface area contributed by atoms with E-state index in [-0.39, 0.29) is 24.1 Å². The summed E-state index contributed by atoms with van der Waals surface area (Å²) in [5.41, 5.74) is 10.5. The molecule has 6 heteroatoms. The molecule has 2 aliphatic rings. The molecule has 1 amide bonds. The van der Waals surface area contributed by atoms with Crippen LogP contribution >= 0.6 is 0 Å². The summed E-state index contributed by atoms with van der Waals surface area (Å²) in [6.45, 7) is 8.05. The van der Waals surface area contributed by atoms with Crippen molar-refractivity contribution in [2.45, 2.75) is 64.8 Å². The first-order chi connectivity index (χ1) is 23.5. The monoisotopic (exact) mass is 637 g/mol. The van der Waals surface area contributed by atoms with Crippen LogP contribution in [-0.2, 0) is 24.2 Å². The van der Waals surface area contributed by atoms with E-state index in [0.717, 1.165) is 41.2 Å². The molecule has 244 valence electrons. The number of nitrogens with zero attached hydrogens (tertiary/aromatic N) is 2. The Balaban J connectivity index is 1.09. The highest BCUT2D eigenvalue weighted by molar-refractivity contribution is 5.82. The summed E-state index contributed by atoms with van der Waals surface area (Å²) in [4.78, 5) is 20.8. The second-order valence-electron chi connectivity index (χ2n) is 12.9. The van der Waals surface area contributed by atoms with Crippen molar-refractivity contribution < 1.29 is 14.3 Å². The van der Waals surface area contributed by atoms with Crippen LogP contribution in [0.15, 0.2) is 109 Å². The molecule has 48 heavy (non-hydrogen) atoms. The van der Waals surface area contributed by atoms with Gasteiger partial charge in [-0.2, -0.15) is 0 Å². The van der Waals surface area contributed by atoms with Crippen molar-refractivity contribution in [1.29, 1.82) is 0 Å². The maximum Gasteiger partial charge on any atom is 0.237 e. The lowest BCUT2D eigenvalue weighted by Crippen LogP contribution is -2.51. The number of amides is 1. The minimum Gasteiger partial charge on any atom is -0.485 e. The summed E-state index contributed by atoms with van der Waals surface area (Å²) in [5.74, 6) is 1.59. The number of hydrogen-bond donors (Lipinski definition) is 1. The molecule has 6 nitrogen and oxygen atoms in total. The van der Waals surface area contributed by atoms with Gasteiger partial charge in [0.2, 0.25) is 5.91 Å². The molecule has 0 spiro atoms. The number of carbonyl (C=O) groups is 1. The Morgan fingerprint density at radius 2 is 1.65 bits per heavy atom. The Kier molecular flexibility index (Phi) is 9.26. The molecule has 3 atom stereocenters. The van der Waals surface area contributed by atoms with Crippen molar-refractivity contribution in [3.63, 3.8) is 0 Å². The van der Waals surface area contributed by atoms with E-state index >= 15 is 0 Å². The number of aryl methyl sites for hydroxylation is 1. The first-order valence-electron chi connectivity index (χ1n) is 17.1. The number of ether oxygens (including phenoxy) is 2. The van der Waals surface area contributed by atoms with E-state index < -0.39 is 0 Å². The molecule has 2 aliphatic heterocycles. The smallest absolute Gasteiger partial charge is 0.237 e. The van der Waals surface area contributed by atoms with E-state index in [1.807, 2.05) is 37.4 Å². The predicted octanol–water partition coefficient (Wildman–Crippen LogP) is 8.11. The van der Waals surface area contributed by atoms with Crippen molar-refractivity contribution in [3.05, 3.63) is 148 Å². The number of pyridine rings is 1. The summed E-state index contributed by atoms with van der Waals surface area (Å²) in [7, 11) is 0. The number of nitrogens with one attached hydrogen (secondary N) is 1. The number of fused-ring (bicyclic) bond motifs is 2.